The Morgan fingerprint density at radius 3 is 2.15 bits per heavy atom. The van der Waals surface area contributed by atoms with Crippen molar-refractivity contribution in [3.63, 3.8) is 0 Å². The van der Waals surface area contributed by atoms with Gasteiger partial charge in [-0.3, -0.25) is 14.6 Å². The lowest BCUT2D eigenvalue weighted by molar-refractivity contribution is -0.193. The van der Waals surface area contributed by atoms with Gasteiger partial charge in [-0.25, -0.2) is 9.59 Å². The van der Waals surface area contributed by atoms with Gasteiger partial charge >= 0.3 is 30.3 Å². The molecule has 2 saturated heterocycles. The van der Waals surface area contributed by atoms with E-state index in [9.17, 15) is 31.1 Å². The van der Waals surface area contributed by atoms with Crippen LogP contribution in [0.2, 0.25) is 0 Å². The normalized spacial score (nSPS) is 21.4. The van der Waals surface area contributed by atoms with Gasteiger partial charge in [-0.05, 0) is 43.8 Å². The van der Waals surface area contributed by atoms with Gasteiger partial charge in [0.05, 0.1) is 24.5 Å². The van der Waals surface area contributed by atoms with Crippen LogP contribution in [0.5, 0.6) is 0 Å². The Hall–Kier alpha value is -3.11. The van der Waals surface area contributed by atoms with E-state index in [1.807, 2.05) is 24.3 Å². The van der Waals surface area contributed by atoms with Gasteiger partial charge in [-0.15, -0.1) is 11.3 Å². The summed E-state index contributed by atoms with van der Waals surface area (Å²) in [6.07, 6.45) is -4.69. The number of ether oxygens (including phenoxy) is 1. The van der Waals surface area contributed by atoms with E-state index in [2.05, 4.69) is 27.3 Å². The van der Waals surface area contributed by atoms with E-state index in [1.165, 1.54) is 10.4 Å². The van der Waals surface area contributed by atoms with E-state index >= 15 is 0 Å². The van der Waals surface area contributed by atoms with Crippen molar-refractivity contribution in [3.8, 4) is 0 Å². The first-order chi connectivity index (χ1) is 19.1. The fraction of sp³-hybridized carbons (Fsp3) is 0.560. The maximum atomic E-state index is 13.0. The number of halogens is 6. The number of furan rings is 1. The number of alkyl halides is 6. The molecule has 2 aliphatic heterocycles. The Kier molecular flexibility index (Phi) is 12.2. The van der Waals surface area contributed by atoms with Crippen molar-refractivity contribution in [1.29, 1.82) is 0 Å². The van der Waals surface area contributed by atoms with Crippen molar-refractivity contribution in [1.82, 2.24) is 9.80 Å². The number of carbonyl (C=O) groups is 3. The minimum atomic E-state index is -5.08. The summed E-state index contributed by atoms with van der Waals surface area (Å²) >= 11 is 1.81. The van der Waals surface area contributed by atoms with E-state index in [4.69, 9.17) is 29.0 Å². The Labute approximate surface area is 235 Å². The van der Waals surface area contributed by atoms with Crippen molar-refractivity contribution >= 4 is 29.2 Å². The van der Waals surface area contributed by atoms with Crippen molar-refractivity contribution in [2.75, 3.05) is 32.8 Å². The molecule has 2 fully saturated rings. The molecule has 0 amide bonds. The van der Waals surface area contributed by atoms with Crippen molar-refractivity contribution in [3.05, 3.63) is 46.5 Å². The summed E-state index contributed by atoms with van der Waals surface area (Å²) < 4.78 is 74.3. The smallest absolute Gasteiger partial charge is 0.475 e. The average molecular weight is 617 g/mol. The molecule has 16 heteroatoms. The first-order valence-electron chi connectivity index (χ1n) is 12.3. The van der Waals surface area contributed by atoms with E-state index in [1.54, 1.807) is 12.5 Å². The molecule has 2 aliphatic rings. The highest BCUT2D eigenvalue weighted by atomic mass is 32.1. The Bertz CT molecular complexity index is 1080. The molecule has 0 spiro atoms. The summed E-state index contributed by atoms with van der Waals surface area (Å²) in [5.41, 5.74) is 0.796. The van der Waals surface area contributed by atoms with E-state index in [0.29, 0.717) is 12.5 Å². The molecule has 41 heavy (non-hydrogen) atoms. The predicted octanol–water partition coefficient (Wildman–Crippen LogP) is 4.89. The molecule has 4 rings (SSSR count). The Morgan fingerprint density at radius 1 is 1.05 bits per heavy atom. The number of fused-ring (bicyclic) bond motifs is 1. The largest absolute Gasteiger partial charge is 0.490 e. The lowest BCUT2D eigenvalue weighted by atomic mass is 9.75. The van der Waals surface area contributed by atoms with Crippen LogP contribution in [0.3, 0.4) is 0 Å². The number of thiophene rings is 1. The van der Waals surface area contributed by atoms with Crippen LogP contribution in [0.4, 0.5) is 26.3 Å². The summed E-state index contributed by atoms with van der Waals surface area (Å²) in [5.74, 6) is -5.20. The highest BCUT2D eigenvalue weighted by molar-refractivity contribution is 7.09. The fourth-order valence-corrected chi connectivity index (χ4v) is 5.50. The van der Waals surface area contributed by atoms with Crippen molar-refractivity contribution in [2.45, 2.75) is 45.2 Å². The SMILES string of the molecule is CCOC(=O)[C@]12CCCN(Cc3cccs3)C[C@H]1CN(Cc1ccoc1)C2.O=C(O)C(F)(F)F.O=C(O)C(F)(F)F. The van der Waals surface area contributed by atoms with Crippen LogP contribution in [0, 0.1) is 11.3 Å². The van der Waals surface area contributed by atoms with Crippen LogP contribution in [-0.4, -0.2) is 83.1 Å². The number of carboxylic acids is 2. The number of aliphatic carboxylic acids is 2. The molecule has 0 saturated carbocycles. The molecule has 0 radical (unpaired) electrons. The molecule has 2 atom stereocenters. The van der Waals surface area contributed by atoms with Gasteiger partial charge in [-0.2, -0.15) is 26.3 Å². The second-order valence-corrected chi connectivity index (χ2v) is 10.4. The maximum absolute atomic E-state index is 13.0. The van der Waals surface area contributed by atoms with Crippen molar-refractivity contribution < 1.29 is 60.1 Å². The first kappa shape index (κ1) is 34.1. The number of esters is 1. The summed E-state index contributed by atoms with van der Waals surface area (Å²) in [4.78, 5) is 37.2. The second kappa shape index (κ2) is 14.7. The number of hydrogen-bond acceptors (Lipinski definition) is 8. The molecular weight excluding hydrogens is 586 g/mol. The van der Waals surface area contributed by atoms with Gasteiger partial charge in [0.1, 0.15) is 0 Å². The van der Waals surface area contributed by atoms with E-state index in [-0.39, 0.29) is 11.4 Å². The van der Waals surface area contributed by atoms with Gasteiger partial charge in [0.15, 0.2) is 0 Å². The first-order valence-corrected chi connectivity index (χ1v) is 13.2. The van der Waals surface area contributed by atoms with Crippen LogP contribution in [-0.2, 0) is 32.2 Å². The minimum absolute atomic E-state index is 0.00247. The van der Waals surface area contributed by atoms with Crippen LogP contribution in [0.25, 0.3) is 0 Å². The van der Waals surface area contributed by atoms with Gasteiger partial charge in [-0.1, -0.05) is 6.07 Å². The zero-order valence-electron chi connectivity index (χ0n) is 21.9. The van der Waals surface area contributed by atoms with Gasteiger partial charge in [0.25, 0.3) is 0 Å². The molecule has 0 unspecified atom stereocenters. The molecule has 0 bridgehead atoms. The zero-order chi connectivity index (χ0) is 30.8. The number of carbonyl (C=O) groups excluding carboxylic acids is 1. The van der Waals surface area contributed by atoms with Crippen LogP contribution < -0.4 is 0 Å². The zero-order valence-corrected chi connectivity index (χ0v) is 22.7. The highest BCUT2D eigenvalue weighted by Gasteiger charge is 2.54. The minimum Gasteiger partial charge on any atom is -0.475 e. The molecule has 230 valence electrons. The molecule has 2 aromatic rings. The predicted molar refractivity (Wildman–Crippen MR) is 133 cm³/mol. The quantitative estimate of drug-likeness (QED) is 0.346. The molecular formula is C25H30F6N2O7S. The molecule has 0 aliphatic carbocycles. The van der Waals surface area contributed by atoms with Crippen LogP contribution >= 0.6 is 11.3 Å². The third kappa shape index (κ3) is 10.3. The summed E-state index contributed by atoms with van der Waals surface area (Å²) in [5, 5.41) is 16.4. The maximum Gasteiger partial charge on any atom is 0.490 e. The fourth-order valence-electron chi connectivity index (χ4n) is 4.75. The number of carboxylic acid groups (broad SMARTS) is 2. The highest BCUT2D eigenvalue weighted by Crippen LogP contribution is 2.44. The number of hydrogen-bond donors (Lipinski definition) is 2. The average Bonchev–Trinajstić information content (AvgIpc) is 3.61. The third-order valence-corrected chi connectivity index (χ3v) is 7.32. The lowest BCUT2D eigenvalue weighted by Crippen LogP contribution is -2.42. The van der Waals surface area contributed by atoms with Crippen molar-refractivity contribution in [2.24, 2.45) is 11.3 Å². The number of nitrogens with zero attached hydrogens (tertiary/aromatic N) is 2. The molecule has 2 aromatic heterocycles. The number of likely N-dealkylation sites (tertiary alicyclic amines) is 2. The Morgan fingerprint density at radius 2 is 1.66 bits per heavy atom. The Balaban J connectivity index is 0.000000349. The van der Waals surface area contributed by atoms with E-state index in [0.717, 1.165) is 52.1 Å². The molecule has 9 nitrogen and oxygen atoms in total. The third-order valence-electron chi connectivity index (χ3n) is 6.45. The molecule has 0 aromatic carbocycles. The topological polar surface area (TPSA) is 121 Å². The second-order valence-electron chi connectivity index (χ2n) is 9.40. The summed E-state index contributed by atoms with van der Waals surface area (Å²) in [6, 6.07) is 6.32. The monoisotopic (exact) mass is 616 g/mol. The standard InChI is InChI=1S/C21H28N2O3S.2C2HF3O2/c1-2-26-20(24)21-7-4-8-22(14-19-5-3-10-27-19)12-18(21)13-23(16-21)11-17-6-9-25-15-17;2*3-2(4,5)1(6)7/h3,5-6,9-10,15,18H,2,4,7-8,11-14,16H2,1H3;2*(H,6,7)/t18-,21-;;/m0../s1. The molecule has 4 heterocycles. The summed E-state index contributed by atoms with van der Waals surface area (Å²) in [6.45, 7) is 7.90. The molecule has 2 N–H and O–H groups in total. The van der Waals surface area contributed by atoms with Crippen LogP contribution in [0.1, 0.15) is 30.2 Å². The van der Waals surface area contributed by atoms with E-state index < -0.39 is 24.3 Å². The van der Waals surface area contributed by atoms with Gasteiger partial charge in [0.2, 0.25) is 0 Å². The van der Waals surface area contributed by atoms with Crippen LogP contribution in [0.15, 0.2) is 40.5 Å². The number of rotatable bonds is 6. The lowest BCUT2D eigenvalue weighted by Gasteiger charge is -2.31. The summed E-state index contributed by atoms with van der Waals surface area (Å²) in [7, 11) is 0. The van der Waals surface area contributed by atoms with Gasteiger partial charge < -0.3 is 19.4 Å². The van der Waals surface area contributed by atoms with Gasteiger partial charge in [0, 0.05) is 49.1 Å².